The van der Waals surface area contributed by atoms with Gasteiger partial charge in [0.1, 0.15) is 10.7 Å². The molecule has 0 aliphatic rings. The summed E-state index contributed by atoms with van der Waals surface area (Å²) in [6.07, 6.45) is -2.71. The van der Waals surface area contributed by atoms with Gasteiger partial charge in [0.2, 0.25) is 0 Å². The van der Waals surface area contributed by atoms with Crippen molar-refractivity contribution >= 4 is 11.3 Å². The molecule has 0 aliphatic carbocycles. The molecule has 2 rings (SSSR count). The largest absolute Gasteiger partial charge is 0.417 e. The zero-order chi connectivity index (χ0) is 14.8. The standard InChI is InChI=1S/C12H13F3N4S/c1-3-8(16-2)10-18-19-11(20-10)9-5-4-7(6-17-9)12(13,14)15/h4-6,8,16H,3H2,1-2H3. The van der Waals surface area contributed by atoms with E-state index in [0.717, 1.165) is 23.7 Å². The number of nitrogens with zero attached hydrogens (tertiary/aromatic N) is 3. The molecule has 2 aromatic heterocycles. The molecule has 0 fully saturated rings. The van der Waals surface area contributed by atoms with Crippen molar-refractivity contribution in [1.82, 2.24) is 20.5 Å². The molecule has 108 valence electrons. The molecule has 0 aromatic carbocycles. The molecule has 4 nitrogen and oxygen atoms in total. The van der Waals surface area contributed by atoms with Crippen LogP contribution in [0.15, 0.2) is 18.3 Å². The summed E-state index contributed by atoms with van der Waals surface area (Å²) in [6.45, 7) is 2.01. The van der Waals surface area contributed by atoms with Crippen LogP contribution in [-0.2, 0) is 6.18 Å². The lowest BCUT2D eigenvalue weighted by Crippen LogP contribution is -2.14. The Morgan fingerprint density at radius 1 is 1.30 bits per heavy atom. The Morgan fingerprint density at radius 3 is 2.55 bits per heavy atom. The van der Waals surface area contributed by atoms with Gasteiger partial charge in [0, 0.05) is 6.20 Å². The van der Waals surface area contributed by atoms with Crippen LogP contribution in [0, 0.1) is 0 Å². The normalized spacial score (nSPS) is 13.4. The van der Waals surface area contributed by atoms with E-state index >= 15 is 0 Å². The molecule has 2 aromatic rings. The summed E-state index contributed by atoms with van der Waals surface area (Å²) in [7, 11) is 1.83. The fraction of sp³-hybridized carbons (Fsp3) is 0.417. The zero-order valence-corrected chi connectivity index (χ0v) is 11.7. The van der Waals surface area contributed by atoms with Crippen molar-refractivity contribution in [2.75, 3.05) is 7.05 Å². The summed E-state index contributed by atoms with van der Waals surface area (Å²) >= 11 is 1.33. The van der Waals surface area contributed by atoms with Crippen molar-refractivity contribution in [3.8, 4) is 10.7 Å². The number of pyridine rings is 1. The fourth-order valence-corrected chi connectivity index (χ4v) is 2.68. The van der Waals surface area contributed by atoms with Crippen molar-refractivity contribution in [2.45, 2.75) is 25.6 Å². The van der Waals surface area contributed by atoms with Gasteiger partial charge >= 0.3 is 6.18 Å². The van der Waals surface area contributed by atoms with E-state index in [0.29, 0.717) is 10.7 Å². The Labute approximate surface area is 118 Å². The van der Waals surface area contributed by atoms with Crippen molar-refractivity contribution in [2.24, 2.45) is 0 Å². The van der Waals surface area contributed by atoms with Crippen molar-refractivity contribution in [3.63, 3.8) is 0 Å². The van der Waals surface area contributed by atoms with Crippen molar-refractivity contribution < 1.29 is 13.2 Å². The predicted molar refractivity (Wildman–Crippen MR) is 70.2 cm³/mol. The molecule has 0 saturated carbocycles. The minimum atomic E-state index is -4.38. The van der Waals surface area contributed by atoms with Gasteiger partial charge in [0.25, 0.3) is 0 Å². The molecule has 0 spiro atoms. The monoisotopic (exact) mass is 302 g/mol. The van der Waals surface area contributed by atoms with Crippen LogP contribution >= 0.6 is 11.3 Å². The Morgan fingerprint density at radius 2 is 2.05 bits per heavy atom. The Balaban J connectivity index is 2.24. The molecule has 1 N–H and O–H groups in total. The van der Waals surface area contributed by atoms with Gasteiger partial charge in [0.15, 0.2) is 5.01 Å². The second-order valence-electron chi connectivity index (χ2n) is 4.12. The molecule has 0 radical (unpaired) electrons. The highest BCUT2D eigenvalue weighted by Gasteiger charge is 2.30. The van der Waals surface area contributed by atoms with Crippen LogP contribution in [0.4, 0.5) is 13.2 Å². The number of rotatable bonds is 4. The van der Waals surface area contributed by atoms with Crippen LogP contribution in [0.2, 0.25) is 0 Å². The summed E-state index contributed by atoms with van der Waals surface area (Å²) in [4.78, 5) is 3.81. The molecule has 0 saturated heterocycles. The average molecular weight is 302 g/mol. The third-order valence-electron chi connectivity index (χ3n) is 2.81. The topological polar surface area (TPSA) is 50.7 Å². The minimum Gasteiger partial charge on any atom is -0.311 e. The summed E-state index contributed by atoms with van der Waals surface area (Å²) < 4.78 is 37.3. The van der Waals surface area contributed by atoms with Gasteiger partial charge in [-0.25, -0.2) is 0 Å². The summed E-state index contributed by atoms with van der Waals surface area (Å²) in [5, 5.41) is 12.4. The van der Waals surface area contributed by atoms with E-state index in [9.17, 15) is 13.2 Å². The Bertz CT molecular complexity index is 561. The van der Waals surface area contributed by atoms with E-state index < -0.39 is 11.7 Å². The highest BCUT2D eigenvalue weighted by molar-refractivity contribution is 7.14. The van der Waals surface area contributed by atoms with Gasteiger partial charge in [0.05, 0.1) is 11.6 Å². The maximum absolute atomic E-state index is 12.4. The van der Waals surface area contributed by atoms with Crippen molar-refractivity contribution in [3.05, 3.63) is 28.9 Å². The van der Waals surface area contributed by atoms with Gasteiger partial charge in [-0.1, -0.05) is 18.3 Å². The Kier molecular flexibility index (Phi) is 4.34. The number of hydrogen-bond acceptors (Lipinski definition) is 5. The predicted octanol–water partition coefficient (Wildman–Crippen LogP) is 3.29. The smallest absolute Gasteiger partial charge is 0.311 e. The molecule has 2 heterocycles. The highest BCUT2D eigenvalue weighted by Crippen LogP contribution is 2.31. The quantitative estimate of drug-likeness (QED) is 0.941. The molecule has 0 aliphatic heterocycles. The van der Waals surface area contributed by atoms with Gasteiger partial charge in [-0.15, -0.1) is 10.2 Å². The molecule has 20 heavy (non-hydrogen) atoms. The molecular formula is C12H13F3N4S. The summed E-state index contributed by atoms with van der Waals surface area (Å²) in [5.41, 5.74) is -0.375. The zero-order valence-electron chi connectivity index (χ0n) is 10.9. The van der Waals surface area contributed by atoms with E-state index in [1.807, 2.05) is 14.0 Å². The van der Waals surface area contributed by atoms with Crippen LogP contribution in [-0.4, -0.2) is 22.2 Å². The third kappa shape index (κ3) is 3.13. The average Bonchev–Trinajstić information content (AvgIpc) is 2.89. The maximum atomic E-state index is 12.4. The maximum Gasteiger partial charge on any atom is 0.417 e. The lowest BCUT2D eigenvalue weighted by molar-refractivity contribution is -0.137. The first-order valence-corrected chi connectivity index (χ1v) is 6.81. The van der Waals surface area contributed by atoms with E-state index in [1.165, 1.54) is 17.4 Å². The first-order valence-electron chi connectivity index (χ1n) is 6.00. The first-order chi connectivity index (χ1) is 9.45. The molecule has 1 atom stereocenters. The summed E-state index contributed by atoms with van der Waals surface area (Å²) in [6, 6.07) is 2.40. The molecular weight excluding hydrogens is 289 g/mol. The highest BCUT2D eigenvalue weighted by atomic mass is 32.1. The van der Waals surface area contributed by atoms with Gasteiger partial charge < -0.3 is 5.32 Å². The third-order valence-corrected chi connectivity index (χ3v) is 3.86. The second-order valence-corrected chi connectivity index (χ2v) is 5.13. The molecule has 8 heteroatoms. The van der Waals surface area contributed by atoms with Crippen LogP contribution in [0.3, 0.4) is 0 Å². The fourth-order valence-electron chi connectivity index (χ4n) is 1.67. The molecule has 0 amide bonds. The van der Waals surface area contributed by atoms with Gasteiger partial charge in [-0.3, -0.25) is 4.98 Å². The number of aromatic nitrogens is 3. The van der Waals surface area contributed by atoms with Crippen LogP contribution < -0.4 is 5.32 Å². The van der Waals surface area contributed by atoms with E-state index in [1.54, 1.807) is 0 Å². The van der Waals surface area contributed by atoms with E-state index in [4.69, 9.17) is 0 Å². The number of halogens is 3. The van der Waals surface area contributed by atoms with Crippen LogP contribution in [0.5, 0.6) is 0 Å². The number of nitrogens with one attached hydrogen (secondary N) is 1. The second kappa shape index (κ2) is 5.84. The lowest BCUT2D eigenvalue weighted by Gasteiger charge is -2.08. The van der Waals surface area contributed by atoms with E-state index in [-0.39, 0.29) is 6.04 Å². The number of hydrogen-bond donors (Lipinski definition) is 1. The van der Waals surface area contributed by atoms with Crippen molar-refractivity contribution in [1.29, 1.82) is 0 Å². The van der Waals surface area contributed by atoms with Gasteiger partial charge in [-0.05, 0) is 25.6 Å². The minimum absolute atomic E-state index is 0.0932. The van der Waals surface area contributed by atoms with Crippen LogP contribution in [0.1, 0.15) is 30.0 Å². The first kappa shape index (κ1) is 14.9. The Hall–Kier alpha value is -1.54. The number of alkyl halides is 3. The van der Waals surface area contributed by atoms with Gasteiger partial charge in [-0.2, -0.15) is 13.2 Å². The summed E-state index contributed by atoms with van der Waals surface area (Å²) in [5.74, 6) is 0. The lowest BCUT2D eigenvalue weighted by atomic mass is 10.2. The van der Waals surface area contributed by atoms with Crippen LogP contribution in [0.25, 0.3) is 10.7 Å². The SMILES string of the molecule is CCC(NC)c1nnc(-c2ccc(C(F)(F)F)cn2)s1. The molecule has 0 bridgehead atoms. The van der Waals surface area contributed by atoms with E-state index in [2.05, 4.69) is 20.5 Å². The molecule has 1 unspecified atom stereocenters.